The molecule has 0 fully saturated rings. The van der Waals surface area contributed by atoms with E-state index in [0.717, 1.165) is 22.4 Å². The van der Waals surface area contributed by atoms with Crippen LogP contribution in [-0.2, 0) is 6.54 Å². The predicted octanol–water partition coefficient (Wildman–Crippen LogP) is 5.74. The molecule has 0 unspecified atom stereocenters. The average Bonchev–Trinajstić information content (AvgIpc) is 2.64. The fourth-order valence-corrected chi connectivity index (χ4v) is 3.07. The monoisotopic (exact) mass is 414 g/mol. The van der Waals surface area contributed by atoms with Crippen LogP contribution in [0.25, 0.3) is 11.1 Å². The summed E-state index contributed by atoms with van der Waals surface area (Å²) < 4.78 is 13.7. The Bertz CT molecular complexity index is 884. The fraction of sp³-hybridized carbons (Fsp3) is 0.0500. The average molecular weight is 415 g/mol. The van der Waals surface area contributed by atoms with Crippen molar-refractivity contribution in [1.29, 1.82) is 0 Å². The Morgan fingerprint density at radius 3 is 2.44 bits per heavy atom. The van der Waals surface area contributed by atoms with E-state index in [-0.39, 0.29) is 5.82 Å². The molecule has 0 aliphatic heterocycles. The Hall–Kier alpha value is -2.24. The molecule has 2 nitrogen and oxygen atoms in total. The molecule has 5 heteroatoms. The van der Waals surface area contributed by atoms with Crippen LogP contribution < -0.4 is 10.6 Å². The van der Waals surface area contributed by atoms with Gasteiger partial charge in [-0.3, -0.25) is 0 Å². The summed E-state index contributed by atoms with van der Waals surface area (Å²) in [7, 11) is 0. The number of nitrogens with one attached hydrogen (secondary N) is 2. The van der Waals surface area contributed by atoms with Crippen LogP contribution in [0.4, 0.5) is 10.1 Å². The normalized spacial score (nSPS) is 10.3. The highest BCUT2D eigenvalue weighted by molar-refractivity contribution is 9.10. The van der Waals surface area contributed by atoms with Gasteiger partial charge in [0.05, 0.1) is 4.47 Å². The quantitative estimate of drug-likeness (QED) is 0.532. The molecule has 0 aliphatic rings. The Morgan fingerprint density at radius 2 is 1.68 bits per heavy atom. The molecule has 3 aromatic rings. The molecular weight excluding hydrogens is 399 g/mol. The van der Waals surface area contributed by atoms with Gasteiger partial charge in [0.25, 0.3) is 0 Å². The number of thiocarbonyl (C=S) groups is 1. The van der Waals surface area contributed by atoms with Gasteiger partial charge in [-0.25, -0.2) is 4.39 Å². The summed E-state index contributed by atoms with van der Waals surface area (Å²) in [5.74, 6) is -0.277. The highest BCUT2D eigenvalue weighted by Crippen LogP contribution is 2.27. The fourth-order valence-electron chi connectivity index (χ4n) is 2.46. The van der Waals surface area contributed by atoms with E-state index in [1.165, 1.54) is 6.07 Å². The molecule has 0 saturated carbocycles. The summed E-state index contributed by atoms with van der Waals surface area (Å²) in [6.07, 6.45) is 0. The van der Waals surface area contributed by atoms with Crippen LogP contribution in [0, 0.1) is 5.82 Å². The third kappa shape index (κ3) is 4.65. The van der Waals surface area contributed by atoms with Crippen LogP contribution in [0.1, 0.15) is 5.56 Å². The predicted molar refractivity (Wildman–Crippen MR) is 109 cm³/mol. The Labute approximate surface area is 160 Å². The zero-order chi connectivity index (χ0) is 17.6. The van der Waals surface area contributed by atoms with E-state index in [1.807, 2.05) is 36.4 Å². The van der Waals surface area contributed by atoms with Gasteiger partial charge in [-0.15, -0.1) is 0 Å². The van der Waals surface area contributed by atoms with Crippen LogP contribution in [0.15, 0.2) is 77.3 Å². The summed E-state index contributed by atoms with van der Waals surface area (Å²) >= 11 is 8.59. The molecule has 3 rings (SSSR count). The molecule has 0 aromatic heterocycles. The maximum Gasteiger partial charge on any atom is 0.171 e. The maximum absolute atomic E-state index is 13.3. The zero-order valence-electron chi connectivity index (χ0n) is 13.3. The van der Waals surface area contributed by atoms with E-state index in [9.17, 15) is 4.39 Å². The second-order valence-electron chi connectivity index (χ2n) is 5.47. The van der Waals surface area contributed by atoms with Gasteiger partial charge in [0, 0.05) is 17.8 Å². The largest absolute Gasteiger partial charge is 0.358 e. The topological polar surface area (TPSA) is 24.1 Å². The van der Waals surface area contributed by atoms with E-state index in [0.29, 0.717) is 16.1 Å². The molecule has 0 bridgehead atoms. The highest BCUT2D eigenvalue weighted by atomic mass is 79.9. The van der Waals surface area contributed by atoms with E-state index >= 15 is 0 Å². The Balaban J connectivity index is 1.68. The van der Waals surface area contributed by atoms with E-state index in [2.05, 4.69) is 44.8 Å². The third-order valence-corrected chi connectivity index (χ3v) is 4.55. The van der Waals surface area contributed by atoms with E-state index in [1.54, 1.807) is 12.1 Å². The number of benzene rings is 3. The van der Waals surface area contributed by atoms with Gasteiger partial charge >= 0.3 is 0 Å². The molecule has 0 amide bonds. The van der Waals surface area contributed by atoms with E-state index in [4.69, 9.17) is 12.2 Å². The number of rotatable bonds is 4. The molecule has 3 aromatic carbocycles. The van der Waals surface area contributed by atoms with Crippen molar-refractivity contribution < 1.29 is 4.39 Å². The zero-order valence-corrected chi connectivity index (χ0v) is 15.7. The maximum atomic E-state index is 13.3. The van der Waals surface area contributed by atoms with Crippen molar-refractivity contribution in [2.75, 3.05) is 5.32 Å². The van der Waals surface area contributed by atoms with Gasteiger partial charge in [-0.05, 0) is 57.5 Å². The number of anilines is 1. The molecule has 0 heterocycles. The molecule has 0 spiro atoms. The summed E-state index contributed by atoms with van der Waals surface area (Å²) in [4.78, 5) is 0. The molecule has 0 radical (unpaired) electrons. The summed E-state index contributed by atoms with van der Waals surface area (Å²) in [5.41, 5.74) is 4.08. The van der Waals surface area contributed by atoms with Crippen molar-refractivity contribution in [2.45, 2.75) is 6.54 Å². The number of hydrogen-bond acceptors (Lipinski definition) is 1. The number of halogens is 2. The van der Waals surface area contributed by atoms with Crippen LogP contribution in [0.5, 0.6) is 0 Å². The summed E-state index contributed by atoms with van der Waals surface area (Å²) in [5, 5.41) is 6.91. The van der Waals surface area contributed by atoms with E-state index < -0.39 is 0 Å². The van der Waals surface area contributed by atoms with Gasteiger partial charge in [0.15, 0.2) is 5.11 Å². The van der Waals surface area contributed by atoms with Crippen molar-refractivity contribution in [1.82, 2.24) is 5.32 Å². The molecule has 126 valence electrons. The summed E-state index contributed by atoms with van der Waals surface area (Å²) in [6.45, 7) is 0.512. The summed E-state index contributed by atoms with van der Waals surface area (Å²) in [6, 6.07) is 23.0. The number of para-hydroxylation sites is 1. The molecular formula is C20H16BrFN2S. The molecule has 2 N–H and O–H groups in total. The standard InChI is InChI=1S/C20H16BrFN2S/c21-17-12-14(10-11-18(17)22)13-23-20(25)24-19-9-5-4-8-16(19)15-6-2-1-3-7-15/h1-12H,13H2,(H2,23,24,25). The first kappa shape index (κ1) is 17.6. The van der Waals surface area contributed by atoms with Crippen molar-refractivity contribution in [3.63, 3.8) is 0 Å². The lowest BCUT2D eigenvalue weighted by Crippen LogP contribution is -2.28. The van der Waals surface area contributed by atoms with Crippen LogP contribution >= 0.6 is 28.1 Å². The van der Waals surface area contributed by atoms with Gasteiger partial charge in [0.2, 0.25) is 0 Å². The minimum atomic E-state index is -0.277. The minimum absolute atomic E-state index is 0.277. The van der Waals surface area contributed by atoms with Crippen molar-refractivity contribution in [2.24, 2.45) is 0 Å². The third-order valence-electron chi connectivity index (χ3n) is 3.70. The second kappa shape index (κ2) is 8.23. The molecule has 25 heavy (non-hydrogen) atoms. The lowest BCUT2D eigenvalue weighted by Gasteiger charge is -2.14. The minimum Gasteiger partial charge on any atom is -0.358 e. The lowest BCUT2D eigenvalue weighted by atomic mass is 10.0. The van der Waals surface area contributed by atoms with Crippen molar-refractivity contribution in [3.05, 3.63) is 88.6 Å². The highest BCUT2D eigenvalue weighted by Gasteiger charge is 2.06. The van der Waals surface area contributed by atoms with Crippen molar-refractivity contribution >= 4 is 38.9 Å². The molecule has 0 atom stereocenters. The number of hydrogen-bond donors (Lipinski definition) is 2. The second-order valence-corrected chi connectivity index (χ2v) is 6.73. The smallest absolute Gasteiger partial charge is 0.171 e. The SMILES string of the molecule is Fc1ccc(CNC(=S)Nc2ccccc2-c2ccccc2)cc1Br. The van der Waals surface area contributed by atoms with Crippen LogP contribution in [-0.4, -0.2) is 5.11 Å². The van der Waals surface area contributed by atoms with Crippen LogP contribution in [0.2, 0.25) is 0 Å². The first-order valence-corrected chi connectivity index (χ1v) is 8.97. The molecule has 0 saturated heterocycles. The van der Waals surface area contributed by atoms with Gasteiger partial charge in [-0.1, -0.05) is 54.6 Å². The van der Waals surface area contributed by atoms with Gasteiger partial charge in [-0.2, -0.15) is 0 Å². The van der Waals surface area contributed by atoms with Gasteiger partial charge in [0.1, 0.15) is 5.82 Å². The first-order valence-electron chi connectivity index (χ1n) is 7.77. The molecule has 0 aliphatic carbocycles. The van der Waals surface area contributed by atoms with Crippen LogP contribution in [0.3, 0.4) is 0 Å². The van der Waals surface area contributed by atoms with Crippen molar-refractivity contribution in [3.8, 4) is 11.1 Å². The van der Waals surface area contributed by atoms with Gasteiger partial charge < -0.3 is 10.6 Å². The Kier molecular flexibility index (Phi) is 5.79. The lowest BCUT2D eigenvalue weighted by molar-refractivity contribution is 0.620. The first-order chi connectivity index (χ1) is 12.1. The Morgan fingerprint density at radius 1 is 0.960 bits per heavy atom.